The molecule has 1 saturated carbocycles. The Kier molecular flexibility index (Phi) is 6.57. The molecular weight excluding hydrogens is 500 g/mol. The Balaban J connectivity index is 1.33. The second-order valence-corrected chi connectivity index (χ2v) is 11.0. The number of furan rings is 1. The van der Waals surface area contributed by atoms with Gasteiger partial charge in [0, 0.05) is 17.1 Å². The minimum Gasteiger partial charge on any atom is -0.457 e. The van der Waals surface area contributed by atoms with Crippen LogP contribution < -0.4 is 15.5 Å². The second-order valence-electron chi connectivity index (χ2n) is 8.98. The third-order valence-electron chi connectivity index (χ3n) is 6.16. The van der Waals surface area contributed by atoms with Crippen molar-refractivity contribution in [2.75, 3.05) is 11.6 Å². The van der Waals surface area contributed by atoms with Gasteiger partial charge in [-0.3, -0.25) is 4.79 Å². The van der Waals surface area contributed by atoms with Gasteiger partial charge in [0.05, 0.1) is 21.9 Å². The van der Waals surface area contributed by atoms with Gasteiger partial charge in [0.15, 0.2) is 0 Å². The fourth-order valence-electron chi connectivity index (χ4n) is 3.96. The number of nitrogens with one attached hydrogen (secondary N) is 1. The lowest BCUT2D eigenvalue weighted by Gasteiger charge is -2.12. The molecular formula is C26H25ClN4O4S. The van der Waals surface area contributed by atoms with Crippen molar-refractivity contribution in [3.05, 3.63) is 76.5 Å². The third-order valence-corrected chi connectivity index (χ3v) is 7.46. The van der Waals surface area contributed by atoms with E-state index in [1.807, 2.05) is 24.3 Å². The predicted octanol–water partition coefficient (Wildman–Crippen LogP) is 4.55. The molecule has 0 atom stereocenters. The van der Waals surface area contributed by atoms with E-state index >= 15 is 0 Å². The van der Waals surface area contributed by atoms with Crippen molar-refractivity contribution in [2.45, 2.75) is 31.2 Å². The number of carbonyl (C=O) groups excluding carboxylic acids is 1. The number of hydrazone groups is 1. The molecule has 36 heavy (non-hydrogen) atoms. The van der Waals surface area contributed by atoms with Crippen LogP contribution in [-0.4, -0.2) is 26.6 Å². The molecule has 0 unspecified atom stereocenters. The van der Waals surface area contributed by atoms with Gasteiger partial charge in [-0.15, -0.1) is 0 Å². The van der Waals surface area contributed by atoms with Gasteiger partial charge in [-0.2, -0.15) is 10.1 Å². The van der Waals surface area contributed by atoms with E-state index in [0.717, 1.165) is 23.6 Å². The summed E-state index contributed by atoms with van der Waals surface area (Å²) in [7, 11) is -3.82. The summed E-state index contributed by atoms with van der Waals surface area (Å²) in [4.78, 5) is 13.0. The number of nitrogens with two attached hydrogens (primary N) is 1. The first-order valence-corrected chi connectivity index (χ1v) is 13.5. The molecule has 3 aromatic rings. The van der Waals surface area contributed by atoms with E-state index in [1.165, 1.54) is 42.1 Å². The molecule has 1 fully saturated rings. The zero-order valence-electron chi connectivity index (χ0n) is 19.6. The van der Waals surface area contributed by atoms with E-state index < -0.39 is 10.0 Å². The highest BCUT2D eigenvalue weighted by Crippen LogP contribution is 2.31. The molecule has 1 aliphatic heterocycles. The number of hydrogen-bond donors (Lipinski definition) is 2. The molecule has 1 aliphatic carbocycles. The summed E-state index contributed by atoms with van der Waals surface area (Å²) in [6.45, 7) is 3.42. The van der Waals surface area contributed by atoms with Crippen LogP contribution in [0, 0.1) is 5.92 Å². The van der Waals surface area contributed by atoms with Gasteiger partial charge < -0.3 is 9.73 Å². The lowest BCUT2D eigenvalue weighted by molar-refractivity contribution is -0.114. The maximum atomic E-state index is 13.1. The lowest BCUT2D eigenvalue weighted by atomic mass is 10.1. The molecule has 0 radical (unpaired) electrons. The minimum absolute atomic E-state index is 0.0403. The lowest BCUT2D eigenvalue weighted by Crippen LogP contribution is -2.21. The highest BCUT2D eigenvalue weighted by atomic mass is 35.5. The summed E-state index contributed by atoms with van der Waals surface area (Å²) in [5.41, 5.74) is 3.23. The van der Waals surface area contributed by atoms with Crippen molar-refractivity contribution in [1.82, 2.24) is 5.32 Å². The predicted molar refractivity (Wildman–Crippen MR) is 140 cm³/mol. The van der Waals surface area contributed by atoms with Crippen molar-refractivity contribution < 1.29 is 17.6 Å². The van der Waals surface area contributed by atoms with Crippen LogP contribution in [0.25, 0.3) is 17.4 Å². The van der Waals surface area contributed by atoms with Crippen LogP contribution in [0.2, 0.25) is 5.02 Å². The molecule has 2 aromatic carbocycles. The van der Waals surface area contributed by atoms with Gasteiger partial charge in [0.1, 0.15) is 11.5 Å². The summed E-state index contributed by atoms with van der Waals surface area (Å²) >= 11 is 6.39. The van der Waals surface area contributed by atoms with Gasteiger partial charge in [0.25, 0.3) is 5.91 Å². The van der Waals surface area contributed by atoms with Crippen LogP contribution in [0.5, 0.6) is 0 Å². The van der Waals surface area contributed by atoms with Crippen molar-refractivity contribution in [3.8, 4) is 11.3 Å². The Morgan fingerprint density at radius 3 is 2.61 bits per heavy atom. The number of hydrogen-bond acceptors (Lipinski definition) is 6. The Labute approximate surface area is 214 Å². The Bertz CT molecular complexity index is 1490. The van der Waals surface area contributed by atoms with Crippen LogP contribution >= 0.6 is 11.6 Å². The molecule has 2 heterocycles. The summed E-state index contributed by atoms with van der Waals surface area (Å²) in [5.74, 6) is 1.62. The summed E-state index contributed by atoms with van der Waals surface area (Å²) in [6, 6.07) is 15.1. The average Bonchev–Trinajstić information content (AvgIpc) is 3.48. The van der Waals surface area contributed by atoms with E-state index in [2.05, 4.69) is 10.4 Å². The summed E-state index contributed by atoms with van der Waals surface area (Å²) in [5, 5.41) is 14.9. The van der Waals surface area contributed by atoms with Gasteiger partial charge in [-0.05, 0) is 98.5 Å². The normalized spacial score (nSPS) is 17.2. The molecule has 0 spiro atoms. The standard InChI is InChI=1S/C26H25ClN4O4S/c1-16-23(26(32)31(30-16)20-5-8-22(9-6-20)36(28,33)34)13-21-7-11-25(35-21)18-4-10-24(27)19(12-18)15-29-14-17-2-3-17/h4-13,17,29H,2-3,14-15H2,1H3,(H2,28,33,34)/b23-13-. The topological polar surface area (TPSA) is 118 Å². The maximum absolute atomic E-state index is 13.1. The van der Waals surface area contributed by atoms with Crippen LogP contribution in [0.15, 0.2) is 74.6 Å². The van der Waals surface area contributed by atoms with E-state index in [4.69, 9.17) is 21.2 Å². The van der Waals surface area contributed by atoms with Crippen molar-refractivity contribution in [1.29, 1.82) is 0 Å². The van der Waals surface area contributed by atoms with Crippen LogP contribution in [0.1, 0.15) is 31.1 Å². The monoisotopic (exact) mass is 524 g/mol. The molecule has 186 valence electrons. The van der Waals surface area contributed by atoms with Crippen LogP contribution in [0.3, 0.4) is 0 Å². The number of carbonyl (C=O) groups is 1. The number of primary sulfonamides is 1. The fraction of sp³-hybridized carbons (Fsp3) is 0.231. The first kappa shape index (κ1) is 24.5. The average molecular weight is 525 g/mol. The molecule has 1 aromatic heterocycles. The van der Waals surface area contributed by atoms with E-state index in [1.54, 1.807) is 19.1 Å². The van der Waals surface area contributed by atoms with E-state index in [0.29, 0.717) is 40.1 Å². The number of benzene rings is 2. The number of sulfonamides is 1. The van der Waals surface area contributed by atoms with Crippen LogP contribution in [-0.2, 0) is 21.4 Å². The van der Waals surface area contributed by atoms with Crippen molar-refractivity contribution in [3.63, 3.8) is 0 Å². The minimum atomic E-state index is -3.82. The first-order chi connectivity index (χ1) is 17.2. The number of halogens is 1. The van der Waals surface area contributed by atoms with Gasteiger partial charge in [-0.1, -0.05) is 11.6 Å². The molecule has 0 saturated heterocycles. The Hall–Kier alpha value is -3.24. The Morgan fingerprint density at radius 1 is 1.17 bits per heavy atom. The van der Waals surface area contributed by atoms with Gasteiger partial charge in [-0.25, -0.2) is 13.6 Å². The molecule has 8 nitrogen and oxygen atoms in total. The van der Waals surface area contributed by atoms with Crippen molar-refractivity contribution in [2.24, 2.45) is 16.2 Å². The molecule has 1 amide bonds. The van der Waals surface area contributed by atoms with Crippen LogP contribution in [0.4, 0.5) is 5.69 Å². The zero-order chi connectivity index (χ0) is 25.4. The largest absolute Gasteiger partial charge is 0.457 e. The summed E-state index contributed by atoms with van der Waals surface area (Å²) < 4.78 is 29.0. The smallest absolute Gasteiger partial charge is 0.280 e. The van der Waals surface area contributed by atoms with E-state index in [9.17, 15) is 13.2 Å². The second kappa shape index (κ2) is 9.67. The molecule has 0 bridgehead atoms. The molecule has 2 aliphatic rings. The zero-order valence-corrected chi connectivity index (χ0v) is 21.1. The highest BCUT2D eigenvalue weighted by Gasteiger charge is 2.29. The van der Waals surface area contributed by atoms with Gasteiger partial charge >= 0.3 is 0 Å². The highest BCUT2D eigenvalue weighted by molar-refractivity contribution is 7.89. The number of rotatable bonds is 8. The quantitative estimate of drug-likeness (QED) is 0.419. The maximum Gasteiger partial charge on any atom is 0.280 e. The SMILES string of the molecule is CC1=NN(c2ccc(S(N)(=O)=O)cc2)C(=O)/C1=C\c1ccc(-c2ccc(Cl)c(CNCC3CC3)c2)o1. The fourth-order valence-corrected chi connectivity index (χ4v) is 4.66. The van der Waals surface area contributed by atoms with E-state index in [-0.39, 0.29) is 10.8 Å². The summed E-state index contributed by atoms with van der Waals surface area (Å²) in [6.07, 6.45) is 4.24. The number of amides is 1. The van der Waals surface area contributed by atoms with Crippen molar-refractivity contribution >= 4 is 45.0 Å². The number of anilines is 1. The first-order valence-electron chi connectivity index (χ1n) is 11.5. The molecule has 10 heteroatoms. The molecule has 3 N–H and O–H groups in total. The third kappa shape index (κ3) is 5.29. The number of nitrogens with zero attached hydrogens (tertiary/aromatic N) is 2. The molecule has 5 rings (SSSR count). The van der Waals surface area contributed by atoms with Gasteiger partial charge in [0.2, 0.25) is 10.0 Å². The Morgan fingerprint density at radius 2 is 1.92 bits per heavy atom.